The SMILES string of the molecule is Cc1cccc(NC(=O)/C=C/c2cccc(Oc3ccnc(C4=NCCN4)c3)c2)c1. The monoisotopic (exact) mass is 398 g/mol. The number of rotatable bonds is 6. The summed E-state index contributed by atoms with van der Waals surface area (Å²) in [6, 6.07) is 18.9. The molecule has 0 atom stereocenters. The van der Waals surface area contributed by atoms with E-state index in [0.717, 1.165) is 41.4 Å². The predicted octanol–water partition coefficient (Wildman–Crippen LogP) is 4.18. The van der Waals surface area contributed by atoms with Gasteiger partial charge in [-0.1, -0.05) is 24.3 Å². The second-order valence-electron chi connectivity index (χ2n) is 6.90. The second kappa shape index (κ2) is 9.05. The van der Waals surface area contributed by atoms with Gasteiger partial charge in [-0.25, -0.2) is 0 Å². The van der Waals surface area contributed by atoms with E-state index in [9.17, 15) is 4.79 Å². The van der Waals surface area contributed by atoms with E-state index in [4.69, 9.17) is 4.74 Å². The fourth-order valence-corrected chi connectivity index (χ4v) is 3.07. The molecule has 0 fully saturated rings. The summed E-state index contributed by atoms with van der Waals surface area (Å²) in [5, 5.41) is 6.06. The summed E-state index contributed by atoms with van der Waals surface area (Å²) < 4.78 is 5.98. The molecule has 1 amide bonds. The molecule has 1 aromatic heterocycles. The highest BCUT2D eigenvalue weighted by Crippen LogP contribution is 2.23. The molecule has 0 aliphatic carbocycles. The Morgan fingerprint density at radius 1 is 1.10 bits per heavy atom. The number of hydrogen-bond acceptors (Lipinski definition) is 5. The zero-order chi connectivity index (χ0) is 20.8. The first-order valence-electron chi connectivity index (χ1n) is 9.74. The first-order valence-corrected chi connectivity index (χ1v) is 9.74. The van der Waals surface area contributed by atoms with E-state index in [1.165, 1.54) is 6.08 Å². The van der Waals surface area contributed by atoms with Crippen molar-refractivity contribution in [1.29, 1.82) is 0 Å². The van der Waals surface area contributed by atoms with Crippen molar-refractivity contribution >= 4 is 23.5 Å². The Labute approximate surface area is 175 Å². The van der Waals surface area contributed by atoms with Crippen LogP contribution in [0, 0.1) is 6.92 Å². The van der Waals surface area contributed by atoms with Crippen LogP contribution in [0.25, 0.3) is 6.08 Å². The summed E-state index contributed by atoms with van der Waals surface area (Å²) in [5.74, 6) is 1.96. The van der Waals surface area contributed by atoms with Crippen LogP contribution in [0.2, 0.25) is 0 Å². The first kappa shape index (κ1) is 19.4. The molecule has 0 saturated carbocycles. The molecule has 0 unspecified atom stereocenters. The molecule has 1 aliphatic heterocycles. The van der Waals surface area contributed by atoms with E-state index in [0.29, 0.717) is 11.5 Å². The molecule has 2 heterocycles. The van der Waals surface area contributed by atoms with Crippen molar-refractivity contribution < 1.29 is 9.53 Å². The predicted molar refractivity (Wildman–Crippen MR) is 119 cm³/mol. The number of anilines is 1. The molecule has 0 saturated heterocycles. The zero-order valence-electron chi connectivity index (χ0n) is 16.6. The minimum Gasteiger partial charge on any atom is -0.457 e. The number of hydrogen-bond donors (Lipinski definition) is 2. The van der Waals surface area contributed by atoms with Crippen molar-refractivity contribution in [2.45, 2.75) is 6.92 Å². The van der Waals surface area contributed by atoms with Crippen LogP contribution in [0.4, 0.5) is 5.69 Å². The third kappa shape index (κ3) is 5.11. The number of benzene rings is 2. The lowest BCUT2D eigenvalue weighted by molar-refractivity contribution is -0.111. The Morgan fingerprint density at radius 2 is 1.97 bits per heavy atom. The molecule has 1 aliphatic rings. The van der Waals surface area contributed by atoms with Gasteiger partial charge in [0.15, 0.2) is 0 Å². The van der Waals surface area contributed by atoms with Crippen molar-refractivity contribution in [3.63, 3.8) is 0 Å². The molecule has 150 valence electrons. The van der Waals surface area contributed by atoms with Gasteiger partial charge < -0.3 is 15.4 Å². The maximum absolute atomic E-state index is 12.2. The van der Waals surface area contributed by atoms with E-state index < -0.39 is 0 Å². The minimum absolute atomic E-state index is 0.185. The number of aromatic nitrogens is 1. The Balaban J connectivity index is 1.42. The highest BCUT2D eigenvalue weighted by atomic mass is 16.5. The standard InChI is InChI=1S/C24H22N4O2/c1-17-4-2-6-19(14-17)28-23(29)9-8-18-5-3-7-20(15-18)30-21-10-11-25-22(16-21)24-26-12-13-27-24/h2-11,14-16H,12-13H2,1H3,(H,26,27)(H,28,29)/b9-8+. The van der Waals surface area contributed by atoms with Crippen molar-refractivity contribution in [1.82, 2.24) is 10.3 Å². The van der Waals surface area contributed by atoms with Crippen LogP contribution < -0.4 is 15.4 Å². The van der Waals surface area contributed by atoms with Crippen molar-refractivity contribution in [2.75, 3.05) is 18.4 Å². The van der Waals surface area contributed by atoms with Gasteiger partial charge in [0.1, 0.15) is 23.0 Å². The topological polar surface area (TPSA) is 75.6 Å². The first-order chi connectivity index (χ1) is 14.7. The van der Waals surface area contributed by atoms with E-state index in [2.05, 4.69) is 20.6 Å². The summed E-state index contributed by atoms with van der Waals surface area (Å²) in [6.07, 6.45) is 4.97. The lowest BCUT2D eigenvalue weighted by Crippen LogP contribution is -2.20. The molecular formula is C24H22N4O2. The van der Waals surface area contributed by atoms with E-state index in [1.807, 2.05) is 61.5 Å². The van der Waals surface area contributed by atoms with E-state index in [-0.39, 0.29) is 5.91 Å². The molecule has 0 bridgehead atoms. The molecule has 6 heteroatoms. The van der Waals surface area contributed by atoms with Gasteiger partial charge in [-0.15, -0.1) is 0 Å². The molecule has 6 nitrogen and oxygen atoms in total. The Hall–Kier alpha value is -3.93. The van der Waals surface area contributed by atoms with Crippen LogP contribution in [0.5, 0.6) is 11.5 Å². The van der Waals surface area contributed by atoms with Crippen LogP contribution in [-0.4, -0.2) is 29.8 Å². The Bertz CT molecular complexity index is 1120. The van der Waals surface area contributed by atoms with Gasteiger partial charge in [-0.2, -0.15) is 0 Å². The number of nitrogens with zero attached hydrogens (tertiary/aromatic N) is 2. The van der Waals surface area contributed by atoms with E-state index in [1.54, 1.807) is 18.3 Å². The molecule has 3 aromatic rings. The van der Waals surface area contributed by atoms with Crippen molar-refractivity contribution in [3.05, 3.63) is 89.8 Å². The molecule has 30 heavy (non-hydrogen) atoms. The normalized spacial score (nSPS) is 13.0. The molecule has 0 spiro atoms. The third-order valence-electron chi connectivity index (χ3n) is 4.45. The number of pyridine rings is 1. The fraction of sp³-hybridized carbons (Fsp3) is 0.125. The third-order valence-corrected chi connectivity index (χ3v) is 4.45. The Kier molecular flexibility index (Phi) is 5.85. The van der Waals surface area contributed by atoms with Crippen LogP contribution >= 0.6 is 0 Å². The summed E-state index contributed by atoms with van der Waals surface area (Å²) in [6.45, 7) is 3.57. The summed E-state index contributed by atoms with van der Waals surface area (Å²) in [5.41, 5.74) is 3.49. The highest BCUT2D eigenvalue weighted by molar-refractivity contribution is 6.02. The van der Waals surface area contributed by atoms with E-state index >= 15 is 0 Å². The second-order valence-corrected chi connectivity index (χ2v) is 6.90. The van der Waals surface area contributed by atoms with Crippen molar-refractivity contribution in [3.8, 4) is 11.5 Å². The smallest absolute Gasteiger partial charge is 0.248 e. The maximum Gasteiger partial charge on any atom is 0.248 e. The number of amides is 1. The van der Waals surface area contributed by atoms with Gasteiger partial charge in [0, 0.05) is 30.6 Å². The van der Waals surface area contributed by atoms with Gasteiger partial charge in [-0.05, 0) is 54.5 Å². The summed E-state index contributed by atoms with van der Waals surface area (Å²) in [4.78, 5) is 20.9. The number of amidine groups is 1. The summed E-state index contributed by atoms with van der Waals surface area (Å²) in [7, 11) is 0. The zero-order valence-corrected chi connectivity index (χ0v) is 16.6. The lowest BCUT2D eigenvalue weighted by atomic mass is 10.2. The largest absolute Gasteiger partial charge is 0.457 e. The molecule has 0 radical (unpaired) electrons. The fourth-order valence-electron chi connectivity index (χ4n) is 3.07. The maximum atomic E-state index is 12.2. The van der Waals surface area contributed by atoms with Gasteiger partial charge in [0.2, 0.25) is 5.91 Å². The van der Waals surface area contributed by atoms with Gasteiger partial charge in [-0.3, -0.25) is 14.8 Å². The quantitative estimate of drug-likeness (QED) is 0.611. The number of carbonyl (C=O) groups is 1. The lowest BCUT2D eigenvalue weighted by Gasteiger charge is -2.08. The van der Waals surface area contributed by atoms with Gasteiger partial charge >= 0.3 is 0 Å². The van der Waals surface area contributed by atoms with Crippen LogP contribution in [-0.2, 0) is 4.79 Å². The van der Waals surface area contributed by atoms with Crippen molar-refractivity contribution in [2.24, 2.45) is 4.99 Å². The molecular weight excluding hydrogens is 376 g/mol. The number of nitrogens with one attached hydrogen (secondary N) is 2. The van der Waals surface area contributed by atoms with Gasteiger partial charge in [0.25, 0.3) is 0 Å². The minimum atomic E-state index is -0.185. The summed E-state index contributed by atoms with van der Waals surface area (Å²) >= 11 is 0. The number of carbonyl (C=O) groups excluding carboxylic acids is 1. The van der Waals surface area contributed by atoms with Gasteiger partial charge in [0.05, 0.1) is 6.54 Å². The van der Waals surface area contributed by atoms with Crippen LogP contribution in [0.15, 0.2) is 77.9 Å². The number of ether oxygens (including phenoxy) is 1. The molecule has 2 aromatic carbocycles. The van der Waals surface area contributed by atoms with Crippen LogP contribution in [0.3, 0.4) is 0 Å². The average molecular weight is 398 g/mol. The molecule has 4 rings (SSSR count). The highest BCUT2D eigenvalue weighted by Gasteiger charge is 2.10. The Morgan fingerprint density at radius 3 is 2.80 bits per heavy atom. The number of aryl methyl sites for hydroxylation is 1. The average Bonchev–Trinajstić information content (AvgIpc) is 3.28. The molecule has 2 N–H and O–H groups in total. The number of aliphatic imine (C=N–C) groups is 1. The van der Waals surface area contributed by atoms with Crippen LogP contribution in [0.1, 0.15) is 16.8 Å².